The highest BCUT2D eigenvalue weighted by Gasteiger charge is 2.36. The lowest BCUT2D eigenvalue weighted by atomic mass is 9.97. The minimum Gasteiger partial charge on any atom is -0.463 e. The van der Waals surface area contributed by atoms with Crippen molar-refractivity contribution in [2.45, 2.75) is 58.8 Å². The SMILES string of the molecule is CC(=O)OCOC(=O)SC[C@H](CC(=O)C(C)(C)SC(=O)OCOC(C)=O)C(=O)OC(C)C. The molecule has 0 unspecified atom stereocenters. The van der Waals surface area contributed by atoms with Crippen LogP contribution in [0.4, 0.5) is 9.59 Å². The molecule has 0 N–H and O–H groups in total. The molecule has 0 aliphatic heterocycles. The topological polar surface area (TPSA) is 149 Å². The van der Waals surface area contributed by atoms with E-state index in [0.717, 1.165) is 13.8 Å². The minimum absolute atomic E-state index is 0.131. The number of thioether (sulfide) groups is 2. The standard InChI is InChI=1S/C19H28O11S2/c1-11(2)30-16(23)14(8-31-17(24)28-9-26-12(3)20)7-15(22)19(5,6)32-18(25)29-10-27-13(4)21/h11,14H,7-10H2,1-6H3/t14-/m0/s1. The Balaban J connectivity index is 4.96. The van der Waals surface area contributed by atoms with Crippen LogP contribution in [-0.2, 0) is 42.9 Å². The molecule has 11 nitrogen and oxygen atoms in total. The van der Waals surface area contributed by atoms with Crippen molar-refractivity contribution in [3.8, 4) is 0 Å². The summed E-state index contributed by atoms with van der Waals surface area (Å²) in [6.07, 6.45) is -0.757. The van der Waals surface area contributed by atoms with Crippen LogP contribution in [0, 0.1) is 5.92 Å². The van der Waals surface area contributed by atoms with E-state index in [4.69, 9.17) is 9.47 Å². The Morgan fingerprint density at radius 3 is 1.78 bits per heavy atom. The van der Waals surface area contributed by atoms with Crippen LogP contribution >= 0.6 is 23.5 Å². The molecular weight excluding hydrogens is 468 g/mol. The fourth-order valence-electron chi connectivity index (χ4n) is 1.83. The van der Waals surface area contributed by atoms with Crippen molar-refractivity contribution < 1.29 is 52.5 Å². The molecule has 0 aliphatic rings. The second-order valence-corrected chi connectivity index (χ2v) is 9.54. The van der Waals surface area contributed by atoms with Gasteiger partial charge in [0.1, 0.15) is 5.78 Å². The third-order valence-corrected chi connectivity index (χ3v) is 5.35. The van der Waals surface area contributed by atoms with E-state index in [-0.39, 0.29) is 12.2 Å². The molecule has 0 amide bonds. The molecule has 0 heterocycles. The molecule has 0 rings (SSSR count). The van der Waals surface area contributed by atoms with Gasteiger partial charge in [0, 0.05) is 26.0 Å². The van der Waals surface area contributed by atoms with Crippen molar-refractivity contribution in [2.24, 2.45) is 5.92 Å². The first-order valence-corrected chi connectivity index (χ1v) is 11.2. The Bertz CT molecular complexity index is 703. The predicted molar refractivity (Wildman–Crippen MR) is 115 cm³/mol. The second kappa shape index (κ2) is 14.7. The zero-order chi connectivity index (χ0) is 24.9. The van der Waals surface area contributed by atoms with Crippen LogP contribution in [0.15, 0.2) is 0 Å². The van der Waals surface area contributed by atoms with Crippen molar-refractivity contribution in [2.75, 3.05) is 19.3 Å². The highest BCUT2D eigenvalue weighted by atomic mass is 32.2. The number of carbonyl (C=O) groups excluding carboxylic acids is 6. The summed E-state index contributed by atoms with van der Waals surface area (Å²) in [5, 5.41) is -1.64. The first kappa shape index (κ1) is 29.7. The molecule has 182 valence electrons. The Morgan fingerprint density at radius 1 is 0.812 bits per heavy atom. The van der Waals surface area contributed by atoms with Gasteiger partial charge in [-0.25, -0.2) is 9.59 Å². The molecule has 0 aromatic heterocycles. The van der Waals surface area contributed by atoms with Crippen molar-refractivity contribution in [1.29, 1.82) is 0 Å². The lowest BCUT2D eigenvalue weighted by Gasteiger charge is -2.24. The molecule has 0 spiro atoms. The lowest BCUT2D eigenvalue weighted by Crippen LogP contribution is -2.35. The van der Waals surface area contributed by atoms with Crippen LogP contribution in [0.1, 0.15) is 48.0 Å². The average molecular weight is 497 g/mol. The number of ether oxygens (including phenoxy) is 5. The van der Waals surface area contributed by atoms with Gasteiger partial charge in [-0.3, -0.25) is 19.2 Å². The van der Waals surface area contributed by atoms with Crippen LogP contribution in [0.3, 0.4) is 0 Å². The van der Waals surface area contributed by atoms with E-state index in [1.165, 1.54) is 13.8 Å². The van der Waals surface area contributed by atoms with Gasteiger partial charge in [-0.15, -0.1) is 0 Å². The lowest BCUT2D eigenvalue weighted by molar-refractivity contribution is -0.153. The van der Waals surface area contributed by atoms with E-state index in [0.29, 0.717) is 23.5 Å². The van der Waals surface area contributed by atoms with Gasteiger partial charge < -0.3 is 23.7 Å². The second-order valence-electron chi connectivity index (χ2n) is 7.03. The Morgan fingerprint density at radius 2 is 1.31 bits per heavy atom. The summed E-state index contributed by atoms with van der Waals surface area (Å²) in [6, 6.07) is 0. The number of hydrogen-bond acceptors (Lipinski definition) is 13. The summed E-state index contributed by atoms with van der Waals surface area (Å²) >= 11 is 1.19. The molecule has 0 bridgehead atoms. The number of rotatable bonds is 12. The number of ketones is 1. The van der Waals surface area contributed by atoms with Crippen LogP contribution in [0.25, 0.3) is 0 Å². The summed E-state index contributed by atoms with van der Waals surface area (Å²) in [5.41, 5.74) is 0. The van der Waals surface area contributed by atoms with Crippen molar-refractivity contribution in [1.82, 2.24) is 0 Å². The molecule has 0 radical (unpaired) electrons. The van der Waals surface area contributed by atoms with E-state index < -0.39 is 64.6 Å². The quantitative estimate of drug-likeness (QED) is 0.221. The molecule has 0 aliphatic carbocycles. The van der Waals surface area contributed by atoms with Gasteiger partial charge in [-0.05, 0) is 51.2 Å². The molecule has 1 atom stereocenters. The largest absolute Gasteiger partial charge is 0.463 e. The fraction of sp³-hybridized carbons (Fsp3) is 0.684. The van der Waals surface area contributed by atoms with Crippen LogP contribution in [-0.4, -0.2) is 64.5 Å². The van der Waals surface area contributed by atoms with E-state index in [1.807, 2.05) is 0 Å². The van der Waals surface area contributed by atoms with Gasteiger partial charge in [0.15, 0.2) is 0 Å². The van der Waals surface area contributed by atoms with Crippen molar-refractivity contribution in [3.63, 3.8) is 0 Å². The summed E-state index contributed by atoms with van der Waals surface area (Å²) in [6.45, 7) is 7.36. The molecule has 0 aromatic carbocycles. The first-order chi connectivity index (χ1) is 14.7. The minimum atomic E-state index is -1.27. The van der Waals surface area contributed by atoms with Gasteiger partial charge in [0.05, 0.1) is 16.8 Å². The van der Waals surface area contributed by atoms with E-state index in [1.54, 1.807) is 13.8 Å². The summed E-state index contributed by atoms with van der Waals surface area (Å²) in [5.74, 6) is -3.54. The maximum atomic E-state index is 12.8. The van der Waals surface area contributed by atoms with Gasteiger partial charge >= 0.3 is 28.5 Å². The van der Waals surface area contributed by atoms with Crippen molar-refractivity contribution >= 4 is 57.8 Å². The third kappa shape index (κ3) is 13.9. The third-order valence-electron chi connectivity index (χ3n) is 3.41. The van der Waals surface area contributed by atoms with Crippen molar-refractivity contribution in [3.05, 3.63) is 0 Å². The Labute approximate surface area is 194 Å². The van der Waals surface area contributed by atoms with E-state index in [9.17, 15) is 28.8 Å². The summed E-state index contributed by atoms with van der Waals surface area (Å²) in [7, 11) is 0. The highest BCUT2D eigenvalue weighted by Crippen LogP contribution is 2.31. The van der Waals surface area contributed by atoms with Gasteiger partial charge in [0.2, 0.25) is 13.6 Å². The zero-order valence-corrected chi connectivity index (χ0v) is 20.4. The van der Waals surface area contributed by atoms with Crippen LogP contribution in [0.5, 0.6) is 0 Å². The highest BCUT2D eigenvalue weighted by molar-refractivity contribution is 8.15. The van der Waals surface area contributed by atoms with Gasteiger partial charge in [-0.1, -0.05) is 0 Å². The van der Waals surface area contributed by atoms with E-state index >= 15 is 0 Å². The van der Waals surface area contributed by atoms with Crippen LogP contribution < -0.4 is 0 Å². The monoisotopic (exact) mass is 496 g/mol. The van der Waals surface area contributed by atoms with Crippen LogP contribution in [0.2, 0.25) is 0 Å². The number of esters is 3. The Kier molecular flexibility index (Phi) is 13.7. The molecule has 0 saturated heterocycles. The Hall–Kier alpha value is -2.28. The maximum Gasteiger partial charge on any atom is 0.371 e. The fourth-order valence-corrected chi connectivity index (χ4v) is 3.28. The number of hydrogen-bond donors (Lipinski definition) is 0. The normalized spacial score (nSPS) is 11.8. The van der Waals surface area contributed by atoms with Gasteiger partial charge in [-0.2, -0.15) is 0 Å². The zero-order valence-electron chi connectivity index (χ0n) is 18.8. The molecule has 32 heavy (non-hydrogen) atoms. The average Bonchev–Trinajstić information content (AvgIpc) is 2.63. The maximum absolute atomic E-state index is 12.8. The molecule has 0 aromatic rings. The molecule has 0 saturated carbocycles. The van der Waals surface area contributed by atoms with E-state index in [2.05, 4.69) is 14.2 Å². The number of Topliss-reactive ketones (excluding diaryl/α,β-unsaturated/α-hetero) is 1. The predicted octanol–water partition coefficient (Wildman–Crippen LogP) is 3.07. The molecule has 0 fully saturated rings. The summed E-state index contributed by atoms with van der Waals surface area (Å²) < 4.78 is 22.3. The first-order valence-electron chi connectivity index (χ1n) is 9.40. The number of carbonyl (C=O) groups is 6. The summed E-state index contributed by atoms with van der Waals surface area (Å²) in [4.78, 5) is 70.2. The smallest absolute Gasteiger partial charge is 0.371 e. The molecule has 13 heteroatoms. The molecular formula is C19H28O11S2. The van der Waals surface area contributed by atoms with Gasteiger partial charge in [0.25, 0.3) is 0 Å².